The molecule has 1 heterocycles. The number of halogens is 2. The van der Waals surface area contributed by atoms with Crippen LogP contribution in [0.3, 0.4) is 0 Å². The minimum atomic E-state index is -0.427. The molecule has 1 aromatic heterocycles. The van der Waals surface area contributed by atoms with Crippen LogP contribution in [-0.2, 0) is 11.3 Å². The summed E-state index contributed by atoms with van der Waals surface area (Å²) in [5, 5.41) is 12.4. The Labute approximate surface area is 155 Å². The van der Waals surface area contributed by atoms with Crippen molar-refractivity contribution in [2.45, 2.75) is 38.3 Å². The van der Waals surface area contributed by atoms with Gasteiger partial charge in [0.05, 0.1) is 11.8 Å². The second kappa shape index (κ2) is 8.31. The molecule has 0 bridgehead atoms. The van der Waals surface area contributed by atoms with Gasteiger partial charge in [-0.3, -0.25) is 14.7 Å². The molecule has 8 heteroatoms. The van der Waals surface area contributed by atoms with Gasteiger partial charge in [0.15, 0.2) is 0 Å². The molecule has 0 unspecified atom stereocenters. The van der Waals surface area contributed by atoms with E-state index in [9.17, 15) is 14.0 Å². The molecule has 0 radical (unpaired) electrons. The normalized spacial score (nSPS) is 19.8. The highest BCUT2D eigenvalue weighted by Gasteiger charge is 2.27. The number of amides is 2. The highest BCUT2D eigenvalue weighted by molar-refractivity contribution is 6.31. The fraction of sp³-hybridized carbons (Fsp3) is 0.389. The molecule has 26 heavy (non-hydrogen) atoms. The number of rotatable bonds is 5. The van der Waals surface area contributed by atoms with Gasteiger partial charge in [-0.1, -0.05) is 17.7 Å². The maximum absolute atomic E-state index is 13.7. The van der Waals surface area contributed by atoms with Crippen molar-refractivity contribution in [3.05, 3.63) is 52.6 Å². The maximum Gasteiger partial charge on any atom is 0.254 e. The fourth-order valence-electron chi connectivity index (χ4n) is 3.16. The fourth-order valence-corrected chi connectivity index (χ4v) is 3.39. The number of nitrogens with one attached hydrogen (secondary N) is 3. The van der Waals surface area contributed by atoms with E-state index in [1.54, 1.807) is 12.3 Å². The molecule has 0 saturated heterocycles. The van der Waals surface area contributed by atoms with Gasteiger partial charge in [-0.2, -0.15) is 5.10 Å². The highest BCUT2D eigenvalue weighted by Crippen LogP contribution is 2.25. The van der Waals surface area contributed by atoms with Crippen molar-refractivity contribution < 1.29 is 14.0 Å². The third-order valence-corrected chi connectivity index (χ3v) is 5.05. The number of H-pyrrole nitrogens is 1. The first-order chi connectivity index (χ1) is 12.5. The zero-order valence-corrected chi connectivity index (χ0v) is 14.9. The summed E-state index contributed by atoms with van der Waals surface area (Å²) >= 11 is 5.97. The highest BCUT2D eigenvalue weighted by atomic mass is 35.5. The zero-order chi connectivity index (χ0) is 18.5. The van der Waals surface area contributed by atoms with Gasteiger partial charge in [0.25, 0.3) is 5.91 Å². The molecule has 1 aliphatic rings. The predicted octanol–water partition coefficient (Wildman–Crippen LogP) is 2.81. The van der Waals surface area contributed by atoms with E-state index in [4.69, 9.17) is 11.6 Å². The Hall–Kier alpha value is -2.41. The molecule has 1 aromatic carbocycles. The average Bonchev–Trinajstić information content (AvgIpc) is 3.16. The number of aromatic nitrogens is 2. The zero-order valence-electron chi connectivity index (χ0n) is 14.1. The lowest BCUT2D eigenvalue weighted by Crippen LogP contribution is -2.40. The molecule has 1 aliphatic carbocycles. The van der Waals surface area contributed by atoms with Crippen molar-refractivity contribution in [1.29, 1.82) is 0 Å². The first kappa shape index (κ1) is 18.4. The summed E-state index contributed by atoms with van der Waals surface area (Å²) in [7, 11) is 0. The summed E-state index contributed by atoms with van der Waals surface area (Å²) < 4.78 is 13.7. The molecule has 1 saturated carbocycles. The van der Waals surface area contributed by atoms with E-state index in [1.165, 1.54) is 18.3 Å². The molecule has 6 nitrogen and oxygen atoms in total. The molecule has 0 aliphatic heterocycles. The van der Waals surface area contributed by atoms with Crippen LogP contribution < -0.4 is 10.6 Å². The number of nitrogens with zero attached hydrogens (tertiary/aromatic N) is 1. The van der Waals surface area contributed by atoms with Gasteiger partial charge < -0.3 is 10.6 Å². The van der Waals surface area contributed by atoms with Crippen LogP contribution in [-0.4, -0.2) is 28.1 Å². The summed E-state index contributed by atoms with van der Waals surface area (Å²) in [6, 6.07) is 4.49. The van der Waals surface area contributed by atoms with Gasteiger partial charge in [-0.15, -0.1) is 0 Å². The van der Waals surface area contributed by atoms with E-state index in [1.807, 2.05) is 0 Å². The van der Waals surface area contributed by atoms with Crippen LogP contribution >= 0.6 is 11.6 Å². The van der Waals surface area contributed by atoms with Gasteiger partial charge in [0.1, 0.15) is 5.82 Å². The predicted molar refractivity (Wildman–Crippen MR) is 95.1 cm³/mol. The molecule has 1 fully saturated rings. The molecule has 3 N–H and O–H groups in total. The second-order valence-electron chi connectivity index (χ2n) is 6.43. The van der Waals surface area contributed by atoms with Crippen LogP contribution in [0.15, 0.2) is 30.6 Å². The van der Waals surface area contributed by atoms with Crippen LogP contribution in [0.1, 0.15) is 41.6 Å². The Bertz CT molecular complexity index is 753. The Morgan fingerprint density at radius 1 is 1.27 bits per heavy atom. The minimum Gasteiger partial charge on any atom is -0.352 e. The first-order valence-electron chi connectivity index (χ1n) is 8.55. The topological polar surface area (TPSA) is 86.9 Å². The van der Waals surface area contributed by atoms with Crippen molar-refractivity contribution in [2.75, 3.05) is 0 Å². The molecule has 0 atom stereocenters. The van der Waals surface area contributed by atoms with Crippen molar-refractivity contribution in [3.63, 3.8) is 0 Å². The smallest absolute Gasteiger partial charge is 0.254 e. The third-order valence-electron chi connectivity index (χ3n) is 4.69. The molecule has 3 rings (SSSR count). The van der Waals surface area contributed by atoms with Gasteiger partial charge >= 0.3 is 0 Å². The lowest BCUT2D eigenvalue weighted by atomic mass is 9.85. The molecular weight excluding hydrogens is 359 g/mol. The average molecular weight is 379 g/mol. The quantitative estimate of drug-likeness (QED) is 0.747. The monoisotopic (exact) mass is 378 g/mol. The van der Waals surface area contributed by atoms with E-state index in [0.29, 0.717) is 29.0 Å². The third kappa shape index (κ3) is 4.40. The van der Waals surface area contributed by atoms with Crippen LogP contribution in [0.5, 0.6) is 0 Å². The minimum absolute atomic E-state index is 0.0439. The Kier molecular flexibility index (Phi) is 5.88. The van der Waals surface area contributed by atoms with Crippen LogP contribution in [0.2, 0.25) is 5.02 Å². The van der Waals surface area contributed by atoms with Crippen LogP contribution in [0, 0.1) is 11.7 Å². The van der Waals surface area contributed by atoms with E-state index in [2.05, 4.69) is 20.8 Å². The van der Waals surface area contributed by atoms with E-state index in [0.717, 1.165) is 12.8 Å². The number of carbonyl (C=O) groups is 2. The van der Waals surface area contributed by atoms with Gasteiger partial charge in [0, 0.05) is 35.3 Å². The van der Waals surface area contributed by atoms with Gasteiger partial charge in [-0.05, 0) is 37.8 Å². The van der Waals surface area contributed by atoms with E-state index in [-0.39, 0.29) is 30.3 Å². The molecular formula is C18H20ClFN4O2. The summed E-state index contributed by atoms with van der Waals surface area (Å²) in [5.41, 5.74) is 0.787. The standard InChI is InChI=1S/C18H20ClFN4O2/c19-15-2-1-3-16(20)14(15)10-21-17(25)11-4-6-13(7-5-11)24-18(26)12-8-22-23-9-12/h1-3,8-9,11,13H,4-7,10H2,(H,21,25)(H,22,23)(H,24,26). The van der Waals surface area contributed by atoms with Crippen molar-refractivity contribution >= 4 is 23.4 Å². The Balaban J connectivity index is 1.45. The molecule has 2 amide bonds. The second-order valence-corrected chi connectivity index (χ2v) is 6.83. The summed E-state index contributed by atoms with van der Waals surface area (Å²) in [5.74, 6) is -0.837. The Morgan fingerprint density at radius 3 is 2.69 bits per heavy atom. The lowest BCUT2D eigenvalue weighted by molar-refractivity contribution is -0.126. The van der Waals surface area contributed by atoms with E-state index >= 15 is 0 Å². The molecule has 2 aromatic rings. The number of carbonyl (C=O) groups excluding carboxylic acids is 2. The van der Waals surface area contributed by atoms with Crippen molar-refractivity contribution in [3.8, 4) is 0 Å². The maximum atomic E-state index is 13.7. The van der Waals surface area contributed by atoms with Crippen molar-refractivity contribution in [1.82, 2.24) is 20.8 Å². The van der Waals surface area contributed by atoms with Crippen LogP contribution in [0.25, 0.3) is 0 Å². The Morgan fingerprint density at radius 2 is 2.04 bits per heavy atom. The van der Waals surface area contributed by atoms with Gasteiger partial charge in [0.2, 0.25) is 5.91 Å². The lowest BCUT2D eigenvalue weighted by Gasteiger charge is -2.28. The first-order valence-corrected chi connectivity index (χ1v) is 8.92. The number of hydrogen-bond donors (Lipinski definition) is 3. The largest absolute Gasteiger partial charge is 0.352 e. The number of aromatic amines is 1. The molecule has 0 spiro atoms. The van der Waals surface area contributed by atoms with E-state index < -0.39 is 5.82 Å². The SMILES string of the molecule is O=C(NC1CCC(C(=O)NCc2c(F)cccc2Cl)CC1)c1cn[nH]c1. The number of hydrogen-bond acceptors (Lipinski definition) is 3. The summed E-state index contributed by atoms with van der Waals surface area (Å²) in [6.07, 6.45) is 5.81. The number of benzene rings is 1. The van der Waals surface area contributed by atoms with Gasteiger partial charge in [-0.25, -0.2) is 4.39 Å². The molecule has 138 valence electrons. The van der Waals surface area contributed by atoms with Crippen molar-refractivity contribution in [2.24, 2.45) is 5.92 Å². The van der Waals surface area contributed by atoms with Crippen LogP contribution in [0.4, 0.5) is 4.39 Å². The summed E-state index contributed by atoms with van der Waals surface area (Å²) in [6.45, 7) is 0.0709. The summed E-state index contributed by atoms with van der Waals surface area (Å²) in [4.78, 5) is 24.3.